The summed E-state index contributed by atoms with van der Waals surface area (Å²) in [6.45, 7) is 9.88. The number of nitrogens with zero attached hydrogens (tertiary/aromatic N) is 1. The fraction of sp³-hybridized carbons (Fsp3) is 0.625. The summed E-state index contributed by atoms with van der Waals surface area (Å²) in [4.78, 5) is 28.4. The van der Waals surface area contributed by atoms with Crippen molar-refractivity contribution in [3.8, 4) is 0 Å². The minimum Gasteiger partial charge on any atom is -0.460 e. The lowest BCUT2D eigenvalue weighted by atomic mass is 9.91. The summed E-state index contributed by atoms with van der Waals surface area (Å²) in [6.07, 6.45) is 4.84. The first-order chi connectivity index (χ1) is 14.8. The van der Waals surface area contributed by atoms with Crippen molar-refractivity contribution in [1.82, 2.24) is 10.6 Å². The maximum absolute atomic E-state index is 12.0. The standard InChI is InChI=1S/C24H38N4O3.HI/c1-5-25-23(26-15-11-7-6-8-14-22(30)31-24(2,3)4)27-17-18-16-21(29)28-20-13-10-9-12-19(18)20;/h9-10,12-13,18H,5-8,11,14-17H2,1-4H3,(H,28,29)(H2,25,26,27);1H. The number of benzene rings is 1. The van der Waals surface area contributed by atoms with Crippen molar-refractivity contribution in [1.29, 1.82) is 0 Å². The Kier molecular flexibility index (Phi) is 12.6. The molecule has 3 N–H and O–H groups in total. The number of amides is 1. The van der Waals surface area contributed by atoms with Gasteiger partial charge in [0.1, 0.15) is 5.60 Å². The molecule has 0 fully saturated rings. The molecule has 1 amide bonds. The first kappa shape index (κ1) is 28.2. The van der Waals surface area contributed by atoms with Gasteiger partial charge in [-0.3, -0.25) is 14.6 Å². The van der Waals surface area contributed by atoms with Gasteiger partial charge in [0.2, 0.25) is 5.91 Å². The van der Waals surface area contributed by atoms with Crippen molar-refractivity contribution in [3.05, 3.63) is 29.8 Å². The molecule has 0 radical (unpaired) electrons. The molecule has 0 saturated heterocycles. The number of esters is 1. The molecule has 1 aromatic carbocycles. The van der Waals surface area contributed by atoms with Crippen LogP contribution in [0.5, 0.6) is 0 Å². The van der Waals surface area contributed by atoms with E-state index >= 15 is 0 Å². The minimum atomic E-state index is -0.410. The number of nitrogens with one attached hydrogen (secondary N) is 3. The van der Waals surface area contributed by atoms with Crippen molar-refractivity contribution in [2.75, 3.05) is 25.0 Å². The van der Waals surface area contributed by atoms with Gasteiger partial charge < -0.3 is 20.7 Å². The van der Waals surface area contributed by atoms with Gasteiger partial charge in [-0.05, 0) is 52.2 Å². The van der Waals surface area contributed by atoms with Gasteiger partial charge in [0.15, 0.2) is 5.96 Å². The van der Waals surface area contributed by atoms with Gasteiger partial charge in [0, 0.05) is 37.5 Å². The number of hydrogen-bond donors (Lipinski definition) is 3. The van der Waals surface area contributed by atoms with Gasteiger partial charge in [-0.15, -0.1) is 24.0 Å². The van der Waals surface area contributed by atoms with Gasteiger partial charge in [0.25, 0.3) is 0 Å². The Morgan fingerprint density at radius 1 is 1.16 bits per heavy atom. The SMILES string of the molecule is CCNC(=NCC1CC(=O)Nc2ccccc21)NCCCCCCC(=O)OC(C)(C)C.I. The normalized spacial score (nSPS) is 15.8. The van der Waals surface area contributed by atoms with E-state index < -0.39 is 5.60 Å². The number of hydrogen-bond acceptors (Lipinski definition) is 4. The number of carbonyl (C=O) groups excluding carboxylic acids is 2. The second kappa shape index (κ2) is 14.3. The Labute approximate surface area is 209 Å². The Bertz CT molecular complexity index is 762. The number of anilines is 1. The molecule has 1 aliphatic rings. The third kappa shape index (κ3) is 10.7. The van der Waals surface area contributed by atoms with Crippen molar-refractivity contribution >= 4 is 47.5 Å². The number of rotatable bonds is 10. The number of fused-ring (bicyclic) bond motifs is 1. The maximum atomic E-state index is 12.0. The number of carbonyl (C=O) groups is 2. The fourth-order valence-corrected chi connectivity index (χ4v) is 3.56. The number of halogens is 1. The monoisotopic (exact) mass is 558 g/mol. The average molecular weight is 559 g/mol. The van der Waals surface area contributed by atoms with Crippen molar-refractivity contribution < 1.29 is 14.3 Å². The minimum absolute atomic E-state index is 0. The molecular weight excluding hydrogens is 519 g/mol. The predicted molar refractivity (Wildman–Crippen MR) is 141 cm³/mol. The van der Waals surface area contributed by atoms with Gasteiger partial charge >= 0.3 is 5.97 Å². The topological polar surface area (TPSA) is 91.8 Å². The Morgan fingerprint density at radius 2 is 1.88 bits per heavy atom. The van der Waals surface area contributed by atoms with Crippen LogP contribution in [0.25, 0.3) is 0 Å². The van der Waals surface area contributed by atoms with Crippen LogP contribution in [0.4, 0.5) is 5.69 Å². The molecule has 1 heterocycles. The molecule has 1 aliphatic heterocycles. The molecule has 2 rings (SSSR count). The molecule has 32 heavy (non-hydrogen) atoms. The second-order valence-electron chi connectivity index (χ2n) is 8.93. The number of aliphatic imine (C=N–C) groups is 1. The highest BCUT2D eigenvalue weighted by atomic mass is 127. The number of unbranched alkanes of at least 4 members (excludes halogenated alkanes) is 3. The van der Waals surface area contributed by atoms with Crippen molar-refractivity contribution in [3.63, 3.8) is 0 Å². The van der Waals surface area contributed by atoms with E-state index in [0.29, 0.717) is 19.4 Å². The van der Waals surface area contributed by atoms with E-state index in [2.05, 4.69) is 22.0 Å². The van der Waals surface area contributed by atoms with Crippen molar-refractivity contribution in [2.45, 2.75) is 77.7 Å². The summed E-state index contributed by atoms with van der Waals surface area (Å²) in [6, 6.07) is 7.94. The third-order valence-electron chi connectivity index (χ3n) is 4.94. The summed E-state index contributed by atoms with van der Waals surface area (Å²) in [5.74, 6) is 0.793. The number of para-hydroxylation sites is 1. The van der Waals surface area contributed by atoms with Crippen LogP contribution in [0.2, 0.25) is 0 Å². The van der Waals surface area contributed by atoms with Crippen LogP contribution in [-0.2, 0) is 14.3 Å². The Morgan fingerprint density at radius 3 is 2.59 bits per heavy atom. The van der Waals surface area contributed by atoms with E-state index in [1.807, 2.05) is 45.9 Å². The fourth-order valence-electron chi connectivity index (χ4n) is 3.56. The first-order valence-corrected chi connectivity index (χ1v) is 11.4. The molecule has 0 aliphatic carbocycles. The zero-order valence-corrected chi connectivity index (χ0v) is 22.2. The lowest BCUT2D eigenvalue weighted by molar-refractivity contribution is -0.154. The molecule has 7 nitrogen and oxygen atoms in total. The second-order valence-corrected chi connectivity index (χ2v) is 8.93. The van der Waals surface area contributed by atoms with E-state index in [4.69, 9.17) is 9.73 Å². The molecule has 0 bridgehead atoms. The zero-order chi connectivity index (χ0) is 22.7. The van der Waals surface area contributed by atoms with Crippen molar-refractivity contribution in [2.24, 2.45) is 4.99 Å². The van der Waals surface area contributed by atoms with E-state index in [1.54, 1.807) is 0 Å². The van der Waals surface area contributed by atoms with Crippen LogP contribution in [0.3, 0.4) is 0 Å². The molecule has 0 aromatic heterocycles. The summed E-state index contributed by atoms with van der Waals surface area (Å²) in [5.41, 5.74) is 1.63. The molecule has 0 spiro atoms. The molecule has 0 saturated carbocycles. The maximum Gasteiger partial charge on any atom is 0.306 e. The smallest absolute Gasteiger partial charge is 0.306 e. The van der Waals surface area contributed by atoms with Crippen LogP contribution in [0, 0.1) is 0 Å². The van der Waals surface area contributed by atoms with Gasteiger partial charge in [-0.25, -0.2) is 0 Å². The third-order valence-corrected chi connectivity index (χ3v) is 4.94. The van der Waals surface area contributed by atoms with E-state index in [0.717, 1.165) is 56.0 Å². The Balaban J connectivity index is 0.00000512. The number of guanidine groups is 1. The first-order valence-electron chi connectivity index (χ1n) is 11.4. The van der Waals surface area contributed by atoms with Gasteiger partial charge in [-0.1, -0.05) is 31.0 Å². The molecule has 1 atom stereocenters. The van der Waals surface area contributed by atoms with E-state index in [-0.39, 0.29) is 41.8 Å². The van der Waals surface area contributed by atoms with Gasteiger partial charge in [-0.2, -0.15) is 0 Å². The summed E-state index contributed by atoms with van der Waals surface area (Å²) in [7, 11) is 0. The highest BCUT2D eigenvalue weighted by molar-refractivity contribution is 14.0. The predicted octanol–water partition coefficient (Wildman–Crippen LogP) is 4.58. The van der Waals surface area contributed by atoms with E-state index in [1.165, 1.54) is 0 Å². The lowest BCUT2D eigenvalue weighted by Crippen LogP contribution is -2.38. The molecule has 1 aromatic rings. The largest absolute Gasteiger partial charge is 0.460 e. The molecule has 8 heteroatoms. The van der Waals surface area contributed by atoms with Crippen LogP contribution in [-0.4, -0.2) is 43.1 Å². The quantitative estimate of drug-likeness (QED) is 0.129. The zero-order valence-electron chi connectivity index (χ0n) is 19.8. The average Bonchev–Trinajstić information content (AvgIpc) is 2.69. The van der Waals surface area contributed by atoms with Crippen LogP contribution in [0.15, 0.2) is 29.3 Å². The molecule has 180 valence electrons. The highest BCUT2D eigenvalue weighted by Crippen LogP contribution is 2.31. The van der Waals surface area contributed by atoms with E-state index in [9.17, 15) is 9.59 Å². The highest BCUT2D eigenvalue weighted by Gasteiger charge is 2.24. The van der Waals surface area contributed by atoms with Crippen LogP contribution >= 0.6 is 24.0 Å². The Hall–Kier alpha value is -1.84. The summed E-state index contributed by atoms with van der Waals surface area (Å²) >= 11 is 0. The summed E-state index contributed by atoms with van der Waals surface area (Å²) < 4.78 is 5.33. The lowest BCUT2D eigenvalue weighted by Gasteiger charge is -2.24. The molecular formula is C24H39IN4O3. The van der Waals surface area contributed by atoms with Crippen LogP contribution < -0.4 is 16.0 Å². The van der Waals surface area contributed by atoms with Crippen LogP contribution in [0.1, 0.15) is 77.7 Å². The molecule has 1 unspecified atom stereocenters. The van der Waals surface area contributed by atoms with Gasteiger partial charge in [0.05, 0.1) is 6.54 Å². The summed E-state index contributed by atoms with van der Waals surface area (Å²) in [5, 5.41) is 9.58. The number of ether oxygens (including phenoxy) is 1.